The average molecular weight is 442 g/mol. The van der Waals surface area contributed by atoms with Crippen molar-refractivity contribution in [2.75, 3.05) is 46.3 Å². The summed E-state index contributed by atoms with van der Waals surface area (Å²) < 4.78 is 28.5. The van der Waals surface area contributed by atoms with E-state index in [1.54, 1.807) is 12.1 Å². The Morgan fingerprint density at radius 3 is 2.06 bits per heavy atom. The second-order valence-corrected chi connectivity index (χ2v) is 10.5. The van der Waals surface area contributed by atoms with Crippen LogP contribution < -0.4 is 0 Å². The van der Waals surface area contributed by atoms with Crippen LogP contribution in [-0.4, -0.2) is 74.7 Å². The van der Waals surface area contributed by atoms with Gasteiger partial charge in [0.1, 0.15) is 0 Å². The number of hydrogen-bond donors (Lipinski definition) is 0. The summed E-state index contributed by atoms with van der Waals surface area (Å²) in [7, 11) is -1.68. The molecule has 7 heteroatoms. The van der Waals surface area contributed by atoms with Crippen LogP contribution in [0.2, 0.25) is 0 Å². The maximum absolute atomic E-state index is 13.5. The Hall–Kier alpha value is -2.22. The summed E-state index contributed by atoms with van der Waals surface area (Å²) in [6, 6.07) is 14.8. The number of carbonyl (C=O) groups excluding carboxylic acids is 1. The molecule has 2 aliphatic heterocycles. The summed E-state index contributed by atoms with van der Waals surface area (Å²) in [5.41, 5.74) is 2.12. The lowest BCUT2D eigenvalue weighted by Crippen LogP contribution is -2.47. The molecule has 0 unspecified atom stereocenters. The third kappa shape index (κ3) is 5.00. The Morgan fingerprint density at radius 1 is 0.774 bits per heavy atom. The van der Waals surface area contributed by atoms with Gasteiger partial charge in [0.2, 0.25) is 10.0 Å². The molecule has 0 atom stereocenters. The van der Waals surface area contributed by atoms with Crippen LogP contribution in [-0.2, 0) is 10.0 Å². The maximum atomic E-state index is 13.5. The Labute approximate surface area is 185 Å². The Bertz CT molecular complexity index is 1010. The van der Waals surface area contributed by atoms with Gasteiger partial charge in [0.15, 0.2) is 0 Å². The first kappa shape index (κ1) is 22.0. The summed E-state index contributed by atoms with van der Waals surface area (Å²) in [6.45, 7) is 3.80. The predicted molar refractivity (Wildman–Crippen MR) is 123 cm³/mol. The van der Waals surface area contributed by atoms with Gasteiger partial charge in [-0.15, -0.1) is 0 Å². The normalized spacial score (nSPS) is 19.2. The van der Waals surface area contributed by atoms with Crippen molar-refractivity contribution in [3.8, 4) is 11.1 Å². The van der Waals surface area contributed by atoms with E-state index in [9.17, 15) is 13.2 Å². The van der Waals surface area contributed by atoms with Crippen LogP contribution in [0.1, 0.15) is 36.0 Å². The zero-order chi connectivity index (χ0) is 21.8. The second kappa shape index (κ2) is 9.51. The van der Waals surface area contributed by atoms with Gasteiger partial charge in [-0.05, 0) is 49.2 Å². The highest BCUT2D eigenvalue weighted by atomic mass is 32.2. The SMILES string of the molecule is CN1CCN(S(=O)(=O)c2cc(C(=O)N3CCCCCC3)cc(-c3ccccc3)c2)CC1. The average Bonchev–Trinajstić information content (AvgIpc) is 3.09. The van der Waals surface area contributed by atoms with Gasteiger partial charge in [0.05, 0.1) is 4.90 Å². The van der Waals surface area contributed by atoms with E-state index in [0.29, 0.717) is 31.7 Å². The minimum atomic E-state index is -3.67. The topological polar surface area (TPSA) is 60.9 Å². The molecular formula is C24H31N3O3S. The monoisotopic (exact) mass is 441 g/mol. The minimum absolute atomic E-state index is 0.0745. The minimum Gasteiger partial charge on any atom is -0.339 e. The molecule has 0 aromatic heterocycles. The number of likely N-dealkylation sites (N-methyl/N-ethyl adjacent to an activating group) is 1. The molecule has 2 aromatic carbocycles. The third-order valence-electron chi connectivity index (χ3n) is 6.25. The lowest BCUT2D eigenvalue weighted by Gasteiger charge is -2.31. The van der Waals surface area contributed by atoms with Crippen LogP contribution in [0.4, 0.5) is 0 Å². The summed E-state index contributed by atoms with van der Waals surface area (Å²) in [4.78, 5) is 17.6. The number of nitrogens with zero attached hydrogens (tertiary/aromatic N) is 3. The van der Waals surface area contributed by atoms with Crippen molar-refractivity contribution >= 4 is 15.9 Å². The second-order valence-electron chi connectivity index (χ2n) is 8.53. The standard InChI is InChI=1S/C24H31N3O3S/c1-25-13-15-27(16-14-25)31(29,30)23-18-21(20-9-5-4-6-10-20)17-22(19-23)24(28)26-11-7-2-3-8-12-26/h4-6,9-10,17-19H,2-3,7-8,11-16H2,1H3. The number of piperazine rings is 1. The van der Waals surface area contributed by atoms with Crippen LogP contribution in [0.3, 0.4) is 0 Å². The molecule has 2 fully saturated rings. The zero-order valence-electron chi connectivity index (χ0n) is 18.2. The smallest absolute Gasteiger partial charge is 0.253 e. The molecule has 4 rings (SSSR count). The Kier molecular flexibility index (Phi) is 6.74. The van der Waals surface area contributed by atoms with E-state index in [2.05, 4.69) is 4.90 Å². The summed E-state index contributed by atoms with van der Waals surface area (Å²) in [5.74, 6) is -0.0745. The summed E-state index contributed by atoms with van der Waals surface area (Å²) in [6.07, 6.45) is 4.26. The van der Waals surface area contributed by atoms with Gasteiger partial charge in [-0.25, -0.2) is 8.42 Å². The number of carbonyl (C=O) groups is 1. The highest BCUT2D eigenvalue weighted by Crippen LogP contribution is 2.28. The fourth-order valence-electron chi connectivity index (χ4n) is 4.30. The molecule has 0 spiro atoms. The van der Waals surface area contributed by atoms with E-state index in [1.807, 2.05) is 48.3 Å². The van der Waals surface area contributed by atoms with E-state index in [1.165, 1.54) is 4.31 Å². The van der Waals surface area contributed by atoms with Gasteiger partial charge in [-0.1, -0.05) is 43.2 Å². The van der Waals surface area contributed by atoms with Crippen molar-refractivity contribution in [1.82, 2.24) is 14.1 Å². The van der Waals surface area contributed by atoms with Crippen LogP contribution in [0.15, 0.2) is 53.4 Å². The van der Waals surface area contributed by atoms with Gasteiger partial charge < -0.3 is 9.80 Å². The van der Waals surface area contributed by atoms with Crippen LogP contribution >= 0.6 is 0 Å². The molecule has 1 amide bonds. The first-order valence-corrected chi connectivity index (χ1v) is 12.6. The number of benzene rings is 2. The molecular weight excluding hydrogens is 410 g/mol. The fraction of sp³-hybridized carbons (Fsp3) is 0.458. The van der Waals surface area contributed by atoms with Crippen LogP contribution in [0, 0.1) is 0 Å². The third-order valence-corrected chi connectivity index (χ3v) is 8.13. The predicted octanol–water partition coefficient (Wildman–Crippen LogP) is 3.31. The van der Waals surface area contributed by atoms with Gasteiger partial charge in [0.25, 0.3) is 5.91 Å². The molecule has 2 heterocycles. The maximum Gasteiger partial charge on any atom is 0.253 e. The van der Waals surface area contributed by atoms with Crippen molar-refractivity contribution in [2.45, 2.75) is 30.6 Å². The quantitative estimate of drug-likeness (QED) is 0.730. The molecule has 166 valence electrons. The highest BCUT2D eigenvalue weighted by molar-refractivity contribution is 7.89. The van der Waals surface area contributed by atoms with E-state index in [0.717, 1.165) is 49.9 Å². The molecule has 0 bridgehead atoms. The summed E-state index contributed by atoms with van der Waals surface area (Å²) in [5, 5.41) is 0. The van der Waals surface area contributed by atoms with E-state index in [-0.39, 0.29) is 10.8 Å². The number of hydrogen-bond acceptors (Lipinski definition) is 4. The lowest BCUT2D eigenvalue weighted by atomic mass is 10.0. The molecule has 2 aliphatic rings. The number of amides is 1. The van der Waals surface area contributed by atoms with Crippen LogP contribution in [0.25, 0.3) is 11.1 Å². The number of likely N-dealkylation sites (tertiary alicyclic amines) is 1. The number of rotatable bonds is 4. The molecule has 6 nitrogen and oxygen atoms in total. The lowest BCUT2D eigenvalue weighted by molar-refractivity contribution is 0.0761. The van der Waals surface area contributed by atoms with Gasteiger partial charge in [0, 0.05) is 44.8 Å². The molecule has 2 aromatic rings. The van der Waals surface area contributed by atoms with Crippen LogP contribution in [0.5, 0.6) is 0 Å². The van der Waals surface area contributed by atoms with Gasteiger partial charge in [-0.3, -0.25) is 4.79 Å². The number of sulfonamides is 1. The van der Waals surface area contributed by atoms with Crippen molar-refractivity contribution < 1.29 is 13.2 Å². The Balaban J connectivity index is 1.74. The molecule has 31 heavy (non-hydrogen) atoms. The van der Waals surface area contributed by atoms with E-state index >= 15 is 0 Å². The summed E-state index contributed by atoms with van der Waals surface area (Å²) >= 11 is 0. The van der Waals surface area contributed by atoms with Crippen molar-refractivity contribution in [3.05, 3.63) is 54.1 Å². The van der Waals surface area contributed by atoms with Gasteiger partial charge >= 0.3 is 0 Å². The highest BCUT2D eigenvalue weighted by Gasteiger charge is 2.29. The molecule has 0 N–H and O–H groups in total. The Morgan fingerprint density at radius 2 is 1.42 bits per heavy atom. The molecule has 0 aliphatic carbocycles. The largest absolute Gasteiger partial charge is 0.339 e. The van der Waals surface area contributed by atoms with Crippen molar-refractivity contribution in [1.29, 1.82) is 0 Å². The molecule has 0 radical (unpaired) electrons. The van der Waals surface area contributed by atoms with Crippen molar-refractivity contribution in [3.63, 3.8) is 0 Å². The molecule has 2 saturated heterocycles. The molecule has 0 saturated carbocycles. The zero-order valence-corrected chi connectivity index (χ0v) is 19.0. The first-order valence-electron chi connectivity index (χ1n) is 11.1. The van der Waals surface area contributed by atoms with Gasteiger partial charge in [-0.2, -0.15) is 4.31 Å². The van der Waals surface area contributed by atoms with Crippen molar-refractivity contribution in [2.24, 2.45) is 0 Å². The van der Waals surface area contributed by atoms with E-state index < -0.39 is 10.0 Å². The van der Waals surface area contributed by atoms with E-state index in [4.69, 9.17) is 0 Å². The fourth-order valence-corrected chi connectivity index (χ4v) is 5.80. The first-order chi connectivity index (χ1) is 14.9.